The van der Waals surface area contributed by atoms with Crippen LogP contribution in [0.15, 0.2) is 48.5 Å². The molecule has 1 N–H and O–H groups in total. The van der Waals surface area contributed by atoms with Gasteiger partial charge < -0.3 is 5.32 Å². The van der Waals surface area contributed by atoms with Gasteiger partial charge in [-0.2, -0.15) is 12.7 Å². The highest BCUT2D eigenvalue weighted by atomic mass is 32.2. The van der Waals surface area contributed by atoms with Crippen molar-refractivity contribution in [3.63, 3.8) is 0 Å². The standard InChI is InChI=1S/C20H27N3O3S/c1-15-11-12-16(2)19(13-15)17(3)21-20(24)14-23(27(25,26)22(4)5)18-9-7-6-8-10-18/h6-13,17H,14H2,1-5H3,(H,21,24)/t17-/m1/s1. The second-order valence-electron chi connectivity index (χ2n) is 6.78. The Morgan fingerprint density at radius 1 is 1.07 bits per heavy atom. The van der Waals surface area contributed by atoms with E-state index >= 15 is 0 Å². The van der Waals surface area contributed by atoms with Crippen LogP contribution >= 0.6 is 0 Å². The molecular weight excluding hydrogens is 362 g/mol. The van der Waals surface area contributed by atoms with Crippen LogP contribution in [0.25, 0.3) is 0 Å². The van der Waals surface area contributed by atoms with Crippen molar-refractivity contribution in [3.05, 3.63) is 65.2 Å². The summed E-state index contributed by atoms with van der Waals surface area (Å²) in [6, 6.07) is 14.5. The maximum atomic E-state index is 12.7. The van der Waals surface area contributed by atoms with Crippen molar-refractivity contribution >= 4 is 21.8 Å². The molecule has 0 aromatic heterocycles. The summed E-state index contributed by atoms with van der Waals surface area (Å²) < 4.78 is 27.6. The van der Waals surface area contributed by atoms with Gasteiger partial charge in [-0.15, -0.1) is 0 Å². The van der Waals surface area contributed by atoms with Crippen molar-refractivity contribution in [2.45, 2.75) is 26.8 Å². The Morgan fingerprint density at radius 2 is 1.70 bits per heavy atom. The number of benzene rings is 2. The van der Waals surface area contributed by atoms with Crippen LogP contribution in [0.2, 0.25) is 0 Å². The molecular formula is C20H27N3O3S. The van der Waals surface area contributed by atoms with Crippen molar-refractivity contribution in [2.24, 2.45) is 0 Å². The largest absolute Gasteiger partial charge is 0.348 e. The van der Waals surface area contributed by atoms with Crippen molar-refractivity contribution in [2.75, 3.05) is 24.9 Å². The molecule has 0 saturated heterocycles. The van der Waals surface area contributed by atoms with Crippen LogP contribution in [0, 0.1) is 13.8 Å². The van der Waals surface area contributed by atoms with Crippen LogP contribution in [0.3, 0.4) is 0 Å². The second kappa shape index (κ2) is 8.54. The van der Waals surface area contributed by atoms with Gasteiger partial charge in [-0.05, 0) is 44.0 Å². The summed E-state index contributed by atoms with van der Waals surface area (Å²) in [4.78, 5) is 12.6. The lowest BCUT2D eigenvalue weighted by Crippen LogP contribution is -2.46. The van der Waals surface area contributed by atoms with E-state index in [1.807, 2.05) is 39.0 Å². The summed E-state index contributed by atoms with van der Waals surface area (Å²) in [6.07, 6.45) is 0. The molecule has 1 atom stereocenters. The predicted molar refractivity (Wildman–Crippen MR) is 109 cm³/mol. The summed E-state index contributed by atoms with van der Waals surface area (Å²) in [7, 11) is -0.904. The van der Waals surface area contributed by atoms with Crippen LogP contribution in [0.4, 0.5) is 5.69 Å². The van der Waals surface area contributed by atoms with Gasteiger partial charge in [-0.1, -0.05) is 42.0 Å². The number of rotatable bonds is 7. The average Bonchev–Trinajstić information content (AvgIpc) is 2.62. The third-order valence-corrected chi connectivity index (χ3v) is 6.17. The lowest BCUT2D eigenvalue weighted by atomic mass is 10.00. The van der Waals surface area contributed by atoms with Gasteiger partial charge in [0.25, 0.3) is 0 Å². The molecule has 0 spiro atoms. The Hall–Kier alpha value is -2.38. The zero-order valence-corrected chi connectivity index (χ0v) is 17.2. The molecule has 0 aliphatic rings. The Labute approximate surface area is 162 Å². The molecule has 27 heavy (non-hydrogen) atoms. The molecule has 0 aliphatic heterocycles. The van der Waals surface area contributed by atoms with Crippen molar-refractivity contribution < 1.29 is 13.2 Å². The molecule has 0 unspecified atom stereocenters. The number of anilines is 1. The van der Waals surface area contributed by atoms with Crippen LogP contribution in [-0.4, -0.2) is 39.3 Å². The number of nitrogens with one attached hydrogen (secondary N) is 1. The van der Waals surface area contributed by atoms with Crippen LogP contribution in [-0.2, 0) is 15.0 Å². The normalized spacial score (nSPS) is 12.7. The van der Waals surface area contributed by atoms with E-state index in [-0.39, 0.29) is 18.5 Å². The second-order valence-corrected chi connectivity index (χ2v) is 8.85. The fourth-order valence-electron chi connectivity index (χ4n) is 2.82. The van der Waals surface area contributed by atoms with Gasteiger partial charge >= 0.3 is 10.2 Å². The topological polar surface area (TPSA) is 69.7 Å². The van der Waals surface area contributed by atoms with Crippen LogP contribution < -0.4 is 9.62 Å². The highest BCUT2D eigenvalue weighted by molar-refractivity contribution is 7.90. The first-order chi connectivity index (χ1) is 12.6. The average molecular weight is 390 g/mol. The molecule has 2 aromatic rings. The van der Waals surface area contributed by atoms with E-state index in [4.69, 9.17) is 0 Å². The quantitative estimate of drug-likeness (QED) is 0.792. The third-order valence-electron chi connectivity index (χ3n) is 4.35. The van der Waals surface area contributed by atoms with E-state index in [1.54, 1.807) is 30.3 Å². The van der Waals surface area contributed by atoms with Gasteiger partial charge in [0.1, 0.15) is 6.54 Å². The molecule has 0 bridgehead atoms. The fraction of sp³-hybridized carbons (Fsp3) is 0.350. The summed E-state index contributed by atoms with van der Waals surface area (Å²) in [5, 5.41) is 2.91. The highest BCUT2D eigenvalue weighted by Crippen LogP contribution is 2.21. The number of nitrogens with zero attached hydrogens (tertiary/aromatic N) is 2. The lowest BCUT2D eigenvalue weighted by Gasteiger charge is -2.27. The molecule has 146 valence electrons. The monoisotopic (exact) mass is 389 g/mol. The Balaban J connectivity index is 2.22. The Bertz CT molecular complexity index is 896. The number of hydrogen-bond donors (Lipinski definition) is 1. The highest BCUT2D eigenvalue weighted by Gasteiger charge is 2.27. The molecule has 0 aliphatic carbocycles. The maximum absolute atomic E-state index is 12.7. The van der Waals surface area contributed by atoms with Gasteiger partial charge in [-0.25, -0.2) is 4.31 Å². The molecule has 0 heterocycles. The molecule has 2 aromatic carbocycles. The summed E-state index contributed by atoms with van der Waals surface area (Å²) >= 11 is 0. The molecule has 0 saturated carbocycles. The number of para-hydroxylation sites is 1. The fourth-order valence-corrected chi connectivity index (χ4v) is 3.88. The van der Waals surface area contributed by atoms with Gasteiger partial charge in [0.05, 0.1) is 11.7 Å². The van der Waals surface area contributed by atoms with Gasteiger partial charge in [0.15, 0.2) is 0 Å². The summed E-state index contributed by atoms with van der Waals surface area (Å²) in [6.45, 7) is 5.59. The van der Waals surface area contributed by atoms with E-state index < -0.39 is 10.2 Å². The summed E-state index contributed by atoms with van der Waals surface area (Å²) in [5.74, 6) is -0.363. The third kappa shape index (κ3) is 5.08. The Morgan fingerprint density at radius 3 is 2.30 bits per heavy atom. The molecule has 6 nitrogen and oxygen atoms in total. The molecule has 7 heteroatoms. The van der Waals surface area contributed by atoms with Crippen LogP contribution in [0.1, 0.15) is 29.7 Å². The van der Waals surface area contributed by atoms with Crippen LogP contribution in [0.5, 0.6) is 0 Å². The molecule has 1 amide bonds. The van der Waals surface area contributed by atoms with E-state index in [0.29, 0.717) is 5.69 Å². The number of hydrogen-bond acceptors (Lipinski definition) is 3. The van der Waals surface area contributed by atoms with Gasteiger partial charge in [0, 0.05) is 14.1 Å². The van der Waals surface area contributed by atoms with Crippen molar-refractivity contribution in [3.8, 4) is 0 Å². The smallest absolute Gasteiger partial charge is 0.304 e. The minimum Gasteiger partial charge on any atom is -0.348 e. The molecule has 0 fully saturated rings. The summed E-state index contributed by atoms with van der Waals surface area (Å²) in [5.41, 5.74) is 3.65. The molecule has 2 rings (SSSR count). The zero-order valence-electron chi connectivity index (χ0n) is 16.4. The lowest BCUT2D eigenvalue weighted by molar-refractivity contribution is -0.120. The first-order valence-electron chi connectivity index (χ1n) is 8.74. The Kier molecular flexibility index (Phi) is 6.62. The van der Waals surface area contributed by atoms with E-state index in [9.17, 15) is 13.2 Å². The SMILES string of the molecule is Cc1ccc(C)c([C@@H](C)NC(=O)CN(c2ccccc2)S(=O)(=O)N(C)C)c1. The van der Waals surface area contributed by atoms with Crippen molar-refractivity contribution in [1.82, 2.24) is 9.62 Å². The van der Waals surface area contributed by atoms with E-state index in [0.717, 1.165) is 25.3 Å². The maximum Gasteiger partial charge on any atom is 0.304 e. The van der Waals surface area contributed by atoms with Gasteiger partial charge in [-0.3, -0.25) is 4.79 Å². The predicted octanol–water partition coefficient (Wildman–Crippen LogP) is 2.79. The number of aryl methyl sites for hydroxylation is 2. The zero-order chi connectivity index (χ0) is 20.2. The first-order valence-corrected chi connectivity index (χ1v) is 10.1. The minimum atomic E-state index is -3.80. The minimum absolute atomic E-state index is 0.225. The number of amides is 1. The number of carbonyl (C=O) groups excluding carboxylic acids is 1. The molecule has 0 radical (unpaired) electrons. The first kappa shape index (κ1) is 20.9. The van der Waals surface area contributed by atoms with Gasteiger partial charge in [0.2, 0.25) is 5.91 Å². The van der Waals surface area contributed by atoms with E-state index in [2.05, 4.69) is 5.32 Å². The number of carbonyl (C=O) groups is 1. The van der Waals surface area contributed by atoms with Crippen molar-refractivity contribution in [1.29, 1.82) is 0 Å². The van der Waals surface area contributed by atoms with E-state index in [1.165, 1.54) is 14.1 Å².